The second kappa shape index (κ2) is 10.4. The van der Waals surface area contributed by atoms with Gasteiger partial charge in [0.05, 0.1) is 6.04 Å². The van der Waals surface area contributed by atoms with E-state index in [1.54, 1.807) is 18.2 Å². The minimum atomic E-state index is -0.781. The van der Waals surface area contributed by atoms with E-state index in [0.29, 0.717) is 5.02 Å². The van der Waals surface area contributed by atoms with Crippen molar-refractivity contribution in [3.8, 4) is 5.75 Å². The van der Waals surface area contributed by atoms with Gasteiger partial charge in [-0.15, -0.1) is 0 Å². The molecule has 0 saturated carbocycles. The Morgan fingerprint density at radius 1 is 0.867 bits per heavy atom. The van der Waals surface area contributed by atoms with Gasteiger partial charge in [0.15, 0.2) is 24.8 Å². The van der Waals surface area contributed by atoms with Gasteiger partial charge in [-0.05, 0) is 35.4 Å². The quantitative estimate of drug-likeness (QED) is 0.544. The minimum Gasteiger partial charge on any atom is -0.479 e. The number of esters is 1. The summed E-state index contributed by atoms with van der Waals surface area (Å²) in [5, 5.41) is 3.43. The fourth-order valence-electron chi connectivity index (χ4n) is 2.75. The minimum absolute atomic E-state index is 0.0641. The highest BCUT2D eigenvalue weighted by Gasteiger charge is 2.18. The first-order chi connectivity index (χ1) is 14.5. The van der Waals surface area contributed by atoms with Gasteiger partial charge in [0.2, 0.25) is 0 Å². The van der Waals surface area contributed by atoms with Crippen molar-refractivity contribution in [2.24, 2.45) is 0 Å². The number of ether oxygens (including phenoxy) is 2. The highest BCUT2D eigenvalue weighted by molar-refractivity contribution is 6.30. The summed E-state index contributed by atoms with van der Waals surface area (Å²) in [4.78, 5) is 24.2. The topological polar surface area (TPSA) is 64.6 Å². The number of hydrogen-bond donors (Lipinski definition) is 1. The van der Waals surface area contributed by atoms with Crippen LogP contribution >= 0.6 is 11.6 Å². The van der Waals surface area contributed by atoms with Crippen LogP contribution < -0.4 is 10.1 Å². The molecule has 1 unspecified atom stereocenters. The van der Waals surface area contributed by atoms with E-state index in [9.17, 15) is 14.0 Å². The predicted octanol–water partition coefficient (Wildman–Crippen LogP) is 4.31. The molecule has 7 heteroatoms. The lowest BCUT2D eigenvalue weighted by atomic mass is 9.99. The molecule has 0 saturated heterocycles. The number of halogens is 2. The Bertz CT molecular complexity index is 996. The lowest BCUT2D eigenvalue weighted by Gasteiger charge is -2.20. The molecule has 0 aliphatic rings. The highest BCUT2D eigenvalue weighted by Crippen LogP contribution is 2.23. The van der Waals surface area contributed by atoms with Crippen molar-refractivity contribution in [2.75, 3.05) is 13.2 Å². The third-order valence-electron chi connectivity index (χ3n) is 4.19. The predicted molar refractivity (Wildman–Crippen MR) is 111 cm³/mol. The first-order valence-electron chi connectivity index (χ1n) is 9.15. The maximum absolute atomic E-state index is 13.5. The summed E-state index contributed by atoms with van der Waals surface area (Å²) in [5.74, 6) is -1.92. The molecule has 1 atom stereocenters. The van der Waals surface area contributed by atoms with Gasteiger partial charge in [0, 0.05) is 5.02 Å². The van der Waals surface area contributed by atoms with Crippen LogP contribution in [0, 0.1) is 5.82 Å². The summed E-state index contributed by atoms with van der Waals surface area (Å²) < 4.78 is 23.5. The van der Waals surface area contributed by atoms with E-state index in [-0.39, 0.29) is 5.75 Å². The molecule has 3 rings (SSSR count). The average molecular weight is 428 g/mol. The molecule has 0 spiro atoms. The van der Waals surface area contributed by atoms with Crippen LogP contribution in [0.3, 0.4) is 0 Å². The van der Waals surface area contributed by atoms with Crippen LogP contribution in [0.5, 0.6) is 5.75 Å². The normalized spacial score (nSPS) is 11.4. The Morgan fingerprint density at radius 2 is 1.50 bits per heavy atom. The van der Waals surface area contributed by atoms with E-state index in [2.05, 4.69) is 5.32 Å². The Balaban J connectivity index is 1.57. The number of benzene rings is 3. The summed E-state index contributed by atoms with van der Waals surface area (Å²) in [5.41, 5.74) is 1.69. The fraction of sp³-hybridized carbons (Fsp3) is 0.130. The maximum atomic E-state index is 13.5. The molecule has 1 amide bonds. The van der Waals surface area contributed by atoms with Crippen molar-refractivity contribution in [1.29, 1.82) is 0 Å². The number of hydrogen-bond acceptors (Lipinski definition) is 4. The van der Waals surface area contributed by atoms with Gasteiger partial charge in [-0.25, -0.2) is 9.18 Å². The number of rotatable bonds is 8. The summed E-state index contributed by atoms with van der Waals surface area (Å²) in [6, 6.07) is 21.7. The molecular formula is C23H19ClFNO4. The molecule has 0 radical (unpaired) electrons. The summed E-state index contributed by atoms with van der Waals surface area (Å²) in [6.07, 6.45) is 0. The second-order valence-electron chi connectivity index (χ2n) is 6.34. The Hall–Kier alpha value is -3.38. The summed E-state index contributed by atoms with van der Waals surface area (Å²) in [7, 11) is 0. The van der Waals surface area contributed by atoms with Crippen LogP contribution in [0.1, 0.15) is 17.2 Å². The van der Waals surface area contributed by atoms with Crippen LogP contribution in [0.25, 0.3) is 0 Å². The van der Waals surface area contributed by atoms with Crippen molar-refractivity contribution in [3.63, 3.8) is 0 Å². The van der Waals surface area contributed by atoms with Crippen molar-refractivity contribution in [1.82, 2.24) is 5.32 Å². The van der Waals surface area contributed by atoms with Crippen molar-refractivity contribution in [2.45, 2.75) is 6.04 Å². The van der Waals surface area contributed by atoms with Gasteiger partial charge in [0.1, 0.15) is 0 Å². The van der Waals surface area contributed by atoms with Crippen LogP contribution in [0.2, 0.25) is 5.02 Å². The third-order valence-corrected chi connectivity index (χ3v) is 4.44. The van der Waals surface area contributed by atoms with E-state index in [4.69, 9.17) is 21.1 Å². The molecule has 0 aliphatic carbocycles. The van der Waals surface area contributed by atoms with E-state index < -0.39 is 36.9 Å². The van der Waals surface area contributed by atoms with E-state index in [0.717, 1.165) is 11.1 Å². The summed E-state index contributed by atoms with van der Waals surface area (Å²) >= 11 is 5.96. The summed E-state index contributed by atoms with van der Waals surface area (Å²) in [6.45, 7) is -0.996. The van der Waals surface area contributed by atoms with Gasteiger partial charge in [0.25, 0.3) is 5.91 Å². The van der Waals surface area contributed by atoms with Crippen LogP contribution in [0.15, 0.2) is 78.9 Å². The Kier molecular flexibility index (Phi) is 7.40. The molecule has 1 N–H and O–H groups in total. The lowest BCUT2D eigenvalue weighted by molar-refractivity contribution is -0.150. The van der Waals surface area contributed by atoms with Crippen LogP contribution in [0.4, 0.5) is 4.39 Å². The van der Waals surface area contributed by atoms with Crippen LogP contribution in [-0.2, 0) is 14.3 Å². The fourth-order valence-corrected chi connectivity index (χ4v) is 2.87. The molecule has 0 aliphatic heterocycles. The molecule has 154 valence electrons. The number of amides is 1. The maximum Gasteiger partial charge on any atom is 0.344 e. The zero-order chi connectivity index (χ0) is 21.3. The molecule has 0 bridgehead atoms. The Morgan fingerprint density at radius 3 is 2.20 bits per heavy atom. The Labute approximate surface area is 178 Å². The van der Waals surface area contributed by atoms with E-state index in [1.165, 1.54) is 18.2 Å². The largest absolute Gasteiger partial charge is 0.479 e. The molecule has 3 aromatic rings. The van der Waals surface area contributed by atoms with Gasteiger partial charge in [-0.2, -0.15) is 0 Å². The smallest absolute Gasteiger partial charge is 0.344 e. The number of nitrogens with one attached hydrogen (secondary N) is 1. The van der Waals surface area contributed by atoms with Crippen molar-refractivity contribution in [3.05, 3.63) is 101 Å². The van der Waals surface area contributed by atoms with Crippen molar-refractivity contribution >= 4 is 23.5 Å². The molecule has 30 heavy (non-hydrogen) atoms. The zero-order valence-corrected chi connectivity index (χ0v) is 16.6. The molecule has 0 aromatic heterocycles. The number of carbonyl (C=O) groups excluding carboxylic acids is 2. The number of carbonyl (C=O) groups is 2. The first-order valence-corrected chi connectivity index (χ1v) is 9.53. The monoisotopic (exact) mass is 427 g/mol. The first kappa shape index (κ1) is 21.3. The SMILES string of the molecule is O=C(COC(=O)COc1ccccc1F)NC(c1ccccc1)c1ccc(Cl)cc1. The standard InChI is InChI=1S/C23H19ClFNO4/c24-18-12-10-17(11-13-18)23(16-6-2-1-3-7-16)26-21(27)14-30-22(28)15-29-20-9-5-4-8-19(20)25/h1-13,23H,14-15H2,(H,26,27). The zero-order valence-electron chi connectivity index (χ0n) is 15.9. The lowest BCUT2D eigenvalue weighted by Crippen LogP contribution is -2.33. The number of para-hydroxylation sites is 1. The van der Waals surface area contributed by atoms with Crippen LogP contribution in [-0.4, -0.2) is 25.1 Å². The molecule has 0 fully saturated rings. The average Bonchev–Trinajstić information content (AvgIpc) is 2.77. The van der Waals surface area contributed by atoms with Gasteiger partial charge in [-0.1, -0.05) is 66.2 Å². The van der Waals surface area contributed by atoms with Gasteiger partial charge >= 0.3 is 5.97 Å². The van der Waals surface area contributed by atoms with E-state index in [1.807, 2.05) is 42.5 Å². The molecule has 0 heterocycles. The molecule has 5 nitrogen and oxygen atoms in total. The highest BCUT2D eigenvalue weighted by atomic mass is 35.5. The van der Waals surface area contributed by atoms with Gasteiger partial charge in [-0.3, -0.25) is 4.79 Å². The second-order valence-corrected chi connectivity index (χ2v) is 6.78. The molecule has 3 aromatic carbocycles. The van der Waals surface area contributed by atoms with Crippen molar-refractivity contribution < 1.29 is 23.5 Å². The van der Waals surface area contributed by atoms with Gasteiger partial charge < -0.3 is 14.8 Å². The third kappa shape index (κ3) is 6.06. The molecular weight excluding hydrogens is 409 g/mol. The van der Waals surface area contributed by atoms with E-state index >= 15 is 0 Å².